The molecule has 2 fully saturated rings. The van der Waals surface area contributed by atoms with Crippen molar-refractivity contribution in [1.29, 1.82) is 0 Å². The minimum Gasteiger partial charge on any atom is -0.465 e. The molecule has 0 aliphatic carbocycles. The molecule has 2 aromatic rings. The van der Waals surface area contributed by atoms with Gasteiger partial charge in [0.25, 0.3) is 0 Å². The lowest BCUT2D eigenvalue weighted by molar-refractivity contribution is -0.106. The van der Waals surface area contributed by atoms with E-state index in [1.54, 1.807) is 0 Å². The summed E-state index contributed by atoms with van der Waals surface area (Å²) in [5, 5.41) is 10.7. The Morgan fingerprint density at radius 3 is 1.46 bits per heavy atom. The molecular formula is C23H28O5. The van der Waals surface area contributed by atoms with Gasteiger partial charge >= 0.3 is 0 Å². The van der Waals surface area contributed by atoms with Crippen LogP contribution >= 0.6 is 0 Å². The average molecular weight is 384 g/mol. The molecule has 2 saturated heterocycles. The van der Waals surface area contributed by atoms with Gasteiger partial charge in [0.15, 0.2) is 12.6 Å². The van der Waals surface area contributed by atoms with Crippen molar-refractivity contribution in [1.82, 2.24) is 0 Å². The second-order valence-corrected chi connectivity index (χ2v) is 7.37. The summed E-state index contributed by atoms with van der Waals surface area (Å²) in [5.74, 6) is 1.53. The zero-order chi connectivity index (χ0) is 19.2. The number of aliphatic hydroxyl groups excluding tert-OH is 1. The minimum absolute atomic E-state index is 0.162. The van der Waals surface area contributed by atoms with Crippen molar-refractivity contribution >= 4 is 0 Å². The molecule has 0 bridgehead atoms. The molecule has 4 rings (SSSR count). The minimum atomic E-state index is -0.694. The maximum Gasteiger partial charge on any atom is 0.199 e. The molecule has 2 aromatic carbocycles. The number of hydrogen-bond acceptors (Lipinski definition) is 5. The molecular weight excluding hydrogens is 356 g/mol. The van der Waals surface area contributed by atoms with Crippen molar-refractivity contribution in [3.8, 4) is 11.5 Å². The number of ether oxygens (including phenoxy) is 4. The van der Waals surface area contributed by atoms with Crippen LogP contribution in [0.3, 0.4) is 0 Å². The lowest BCUT2D eigenvalue weighted by Gasteiger charge is -2.24. The molecule has 5 nitrogen and oxygen atoms in total. The second-order valence-electron chi connectivity index (χ2n) is 7.37. The van der Waals surface area contributed by atoms with E-state index in [0.29, 0.717) is 0 Å². The molecule has 5 heteroatoms. The van der Waals surface area contributed by atoms with Crippen LogP contribution < -0.4 is 9.47 Å². The van der Waals surface area contributed by atoms with Gasteiger partial charge in [0.2, 0.25) is 0 Å². The molecule has 0 radical (unpaired) electrons. The monoisotopic (exact) mass is 384 g/mol. The zero-order valence-electron chi connectivity index (χ0n) is 16.1. The summed E-state index contributed by atoms with van der Waals surface area (Å²) in [6.07, 6.45) is 5.29. The van der Waals surface area contributed by atoms with E-state index in [-0.39, 0.29) is 12.6 Å². The van der Waals surface area contributed by atoms with E-state index < -0.39 is 6.10 Å². The summed E-state index contributed by atoms with van der Waals surface area (Å²) >= 11 is 0. The first-order valence-corrected chi connectivity index (χ1v) is 10.2. The van der Waals surface area contributed by atoms with Gasteiger partial charge < -0.3 is 24.1 Å². The fourth-order valence-corrected chi connectivity index (χ4v) is 3.56. The SMILES string of the molecule is OC(c1ccc(OC2CCCCO2)cc1)c1ccc(OC2CCCCO2)cc1. The van der Waals surface area contributed by atoms with Crippen LogP contribution in [-0.2, 0) is 9.47 Å². The first kappa shape index (κ1) is 19.2. The molecule has 2 unspecified atom stereocenters. The number of benzene rings is 2. The largest absolute Gasteiger partial charge is 0.465 e. The summed E-state index contributed by atoms with van der Waals surface area (Å²) < 4.78 is 22.9. The topological polar surface area (TPSA) is 57.2 Å². The summed E-state index contributed by atoms with van der Waals surface area (Å²) in [5.41, 5.74) is 1.64. The smallest absolute Gasteiger partial charge is 0.199 e. The zero-order valence-corrected chi connectivity index (χ0v) is 16.1. The van der Waals surface area contributed by atoms with E-state index in [1.165, 1.54) is 0 Å². The highest BCUT2D eigenvalue weighted by Crippen LogP contribution is 2.27. The molecule has 28 heavy (non-hydrogen) atoms. The predicted octanol–water partition coefficient (Wildman–Crippen LogP) is 4.58. The summed E-state index contributed by atoms with van der Waals surface area (Å²) in [6, 6.07) is 15.1. The summed E-state index contributed by atoms with van der Waals surface area (Å²) in [7, 11) is 0. The van der Waals surface area contributed by atoms with E-state index in [2.05, 4.69) is 0 Å². The maximum absolute atomic E-state index is 10.7. The van der Waals surface area contributed by atoms with Gasteiger partial charge in [0.1, 0.15) is 17.6 Å². The fraction of sp³-hybridized carbons (Fsp3) is 0.478. The van der Waals surface area contributed by atoms with Crippen molar-refractivity contribution < 1.29 is 24.1 Å². The first-order valence-electron chi connectivity index (χ1n) is 10.2. The lowest BCUT2D eigenvalue weighted by Crippen LogP contribution is -2.25. The highest BCUT2D eigenvalue weighted by molar-refractivity contribution is 5.36. The van der Waals surface area contributed by atoms with Crippen LogP contribution in [0.1, 0.15) is 55.8 Å². The Kier molecular flexibility index (Phi) is 6.47. The summed E-state index contributed by atoms with van der Waals surface area (Å²) in [4.78, 5) is 0. The van der Waals surface area contributed by atoms with E-state index in [0.717, 1.165) is 74.4 Å². The van der Waals surface area contributed by atoms with Crippen molar-refractivity contribution in [3.63, 3.8) is 0 Å². The van der Waals surface area contributed by atoms with Crippen LogP contribution in [0.4, 0.5) is 0 Å². The third kappa shape index (κ3) is 5.04. The van der Waals surface area contributed by atoms with Gasteiger partial charge in [-0.25, -0.2) is 0 Å². The van der Waals surface area contributed by atoms with Crippen LogP contribution in [0.15, 0.2) is 48.5 Å². The second kappa shape index (κ2) is 9.41. The van der Waals surface area contributed by atoms with E-state index >= 15 is 0 Å². The van der Waals surface area contributed by atoms with Crippen LogP contribution in [0.25, 0.3) is 0 Å². The van der Waals surface area contributed by atoms with Crippen molar-refractivity contribution in [2.24, 2.45) is 0 Å². The van der Waals surface area contributed by atoms with Crippen LogP contribution in [0, 0.1) is 0 Å². The number of hydrogen-bond donors (Lipinski definition) is 1. The van der Waals surface area contributed by atoms with E-state index in [4.69, 9.17) is 18.9 Å². The Morgan fingerprint density at radius 2 is 1.11 bits per heavy atom. The lowest BCUT2D eigenvalue weighted by atomic mass is 10.0. The van der Waals surface area contributed by atoms with Gasteiger partial charge in [0.05, 0.1) is 13.2 Å². The van der Waals surface area contributed by atoms with Crippen LogP contribution in [0.5, 0.6) is 11.5 Å². The van der Waals surface area contributed by atoms with Gasteiger partial charge in [-0.1, -0.05) is 24.3 Å². The van der Waals surface area contributed by atoms with E-state index in [9.17, 15) is 5.11 Å². The Morgan fingerprint density at radius 1 is 0.679 bits per heavy atom. The van der Waals surface area contributed by atoms with Gasteiger partial charge in [-0.15, -0.1) is 0 Å². The van der Waals surface area contributed by atoms with Crippen molar-refractivity contribution in [2.45, 2.75) is 57.2 Å². The molecule has 2 aliphatic heterocycles. The molecule has 150 valence electrons. The molecule has 2 atom stereocenters. The average Bonchev–Trinajstić information content (AvgIpc) is 2.76. The molecule has 2 aliphatic rings. The summed E-state index contributed by atoms with van der Waals surface area (Å²) in [6.45, 7) is 1.52. The van der Waals surface area contributed by atoms with Crippen molar-refractivity contribution in [3.05, 3.63) is 59.7 Å². The third-order valence-corrected chi connectivity index (χ3v) is 5.20. The van der Waals surface area contributed by atoms with Gasteiger partial charge in [-0.05, 0) is 61.1 Å². The molecule has 0 spiro atoms. The quantitative estimate of drug-likeness (QED) is 0.790. The Labute approximate surface area is 166 Å². The van der Waals surface area contributed by atoms with Crippen LogP contribution in [0.2, 0.25) is 0 Å². The number of rotatable bonds is 6. The molecule has 1 N–H and O–H groups in total. The normalized spacial score (nSPS) is 23.8. The molecule has 0 amide bonds. The predicted molar refractivity (Wildman–Crippen MR) is 105 cm³/mol. The standard InChI is InChI=1S/C23H28O5/c24-23(17-7-11-19(12-8-17)27-21-5-1-3-15-25-21)18-9-13-20(14-10-18)28-22-6-2-4-16-26-22/h7-14,21-24H,1-6,15-16H2. The fourth-order valence-electron chi connectivity index (χ4n) is 3.56. The highest BCUT2D eigenvalue weighted by atomic mass is 16.7. The van der Waals surface area contributed by atoms with Gasteiger partial charge in [-0.3, -0.25) is 0 Å². The van der Waals surface area contributed by atoms with Crippen LogP contribution in [-0.4, -0.2) is 30.9 Å². The van der Waals surface area contributed by atoms with Gasteiger partial charge in [-0.2, -0.15) is 0 Å². The maximum atomic E-state index is 10.7. The highest BCUT2D eigenvalue weighted by Gasteiger charge is 2.17. The van der Waals surface area contributed by atoms with Gasteiger partial charge in [0, 0.05) is 12.8 Å². The Balaban J connectivity index is 1.34. The van der Waals surface area contributed by atoms with Crippen molar-refractivity contribution in [2.75, 3.05) is 13.2 Å². The Bertz CT molecular complexity index is 652. The number of aliphatic hydroxyl groups is 1. The molecule has 2 heterocycles. The Hall–Kier alpha value is -2.08. The van der Waals surface area contributed by atoms with E-state index in [1.807, 2.05) is 48.5 Å². The molecule has 0 aromatic heterocycles. The third-order valence-electron chi connectivity index (χ3n) is 5.20. The first-order chi connectivity index (χ1) is 13.8. The molecule has 0 saturated carbocycles.